The molecule has 3 heterocycles. The molecular weight excluding hydrogens is 533 g/mol. The van der Waals surface area contributed by atoms with Gasteiger partial charge in [0.25, 0.3) is 0 Å². The quantitative estimate of drug-likeness (QED) is 0.283. The highest BCUT2D eigenvalue weighted by Gasteiger charge is 2.29. The zero-order valence-electron chi connectivity index (χ0n) is 26.1. The lowest BCUT2D eigenvalue weighted by Crippen LogP contribution is -2.38. The Hall–Kier alpha value is -3.52. The second-order valence-electron chi connectivity index (χ2n) is 12.5. The minimum absolute atomic E-state index is 0.0779. The lowest BCUT2D eigenvalue weighted by molar-refractivity contribution is -0.136. The maximum absolute atomic E-state index is 13.1. The Kier molecular flexibility index (Phi) is 11.1. The van der Waals surface area contributed by atoms with E-state index in [0.717, 1.165) is 71.7 Å². The molecule has 7 nitrogen and oxygen atoms in total. The van der Waals surface area contributed by atoms with E-state index in [1.54, 1.807) is 32.2 Å². The number of aliphatic hydroxyl groups is 1. The number of aliphatic carboxylic acids is 1. The SMILES string of the molecule is CCC(C)(C)O.Cc1cc(-c2cnc(C)c(CC(=O)O)c2N2CCC(C)(C)CC2)ncc1OCCc1ccc(F)cc1. The highest BCUT2D eigenvalue weighted by atomic mass is 19.1. The molecule has 0 amide bonds. The van der Waals surface area contributed by atoms with Crippen molar-refractivity contribution in [2.45, 2.75) is 86.2 Å². The summed E-state index contributed by atoms with van der Waals surface area (Å²) in [6.45, 7) is 16.1. The Morgan fingerprint density at radius 2 is 1.71 bits per heavy atom. The number of nitrogens with zero attached hydrogens (tertiary/aromatic N) is 3. The highest BCUT2D eigenvalue weighted by Crippen LogP contribution is 2.40. The second-order valence-corrected chi connectivity index (χ2v) is 12.5. The summed E-state index contributed by atoms with van der Waals surface area (Å²) in [6.07, 6.45) is 7.01. The Bertz CT molecular complexity index is 1340. The molecule has 0 radical (unpaired) electrons. The van der Waals surface area contributed by atoms with Crippen molar-refractivity contribution >= 4 is 11.7 Å². The average molecular weight is 580 g/mol. The molecule has 0 bridgehead atoms. The van der Waals surface area contributed by atoms with Crippen LogP contribution in [0.1, 0.15) is 76.3 Å². The van der Waals surface area contributed by atoms with E-state index in [9.17, 15) is 14.3 Å². The molecule has 1 fully saturated rings. The molecule has 228 valence electrons. The van der Waals surface area contributed by atoms with Crippen LogP contribution in [0.2, 0.25) is 0 Å². The van der Waals surface area contributed by atoms with Crippen LogP contribution in [0.3, 0.4) is 0 Å². The van der Waals surface area contributed by atoms with Crippen molar-refractivity contribution in [1.82, 2.24) is 9.97 Å². The third-order valence-electron chi connectivity index (χ3n) is 7.89. The number of carboxylic acids is 1. The largest absolute Gasteiger partial charge is 0.491 e. The van der Waals surface area contributed by atoms with E-state index in [1.807, 2.05) is 33.0 Å². The van der Waals surface area contributed by atoms with E-state index >= 15 is 0 Å². The van der Waals surface area contributed by atoms with Crippen molar-refractivity contribution in [2.24, 2.45) is 5.41 Å². The van der Waals surface area contributed by atoms with Gasteiger partial charge >= 0.3 is 5.97 Å². The number of pyridine rings is 2. The molecule has 42 heavy (non-hydrogen) atoms. The molecule has 0 spiro atoms. The van der Waals surface area contributed by atoms with Gasteiger partial charge < -0.3 is 19.8 Å². The molecule has 0 atom stereocenters. The van der Waals surface area contributed by atoms with Crippen LogP contribution in [0.5, 0.6) is 5.75 Å². The molecule has 1 saturated heterocycles. The van der Waals surface area contributed by atoms with Crippen molar-refractivity contribution in [2.75, 3.05) is 24.6 Å². The Labute approximate surface area is 249 Å². The molecule has 1 aromatic carbocycles. The van der Waals surface area contributed by atoms with Crippen molar-refractivity contribution in [3.05, 3.63) is 70.9 Å². The fraction of sp³-hybridized carbons (Fsp3) is 0.500. The molecule has 1 aliphatic rings. The lowest BCUT2D eigenvalue weighted by Gasteiger charge is -2.40. The van der Waals surface area contributed by atoms with E-state index in [-0.39, 0.29) is 17.7 Å². The van der Waals surface area contributed by atoms with Crippen LogP contribution in [0.15, 0.2) is 42.7 Å². The summed E-state index contributed by atoms with van der Waals surface area (Å²) < 4.78 is 19.1. The summed E-state index contributed by atoms with van der Waals surface area (Å²) in [6, 6.07) is 8.39. The topological polar surface area (TPSA) is 95.8 Å². The van der Waals surface area contributed by atoms with Crippen molar-refractivity contribution in [1.29, 1.82) is 0 Å². The molecule has 1 aliphatic heterocycles. The van der Waals surface area contributed by atoms with E-state index in [1.165, 1.54) is 12.1 Å². The average Bonchev–Trinajstić information content (AvgIpc) is 2.92. The smallest absolute Gasteiger partial charge is 0.307 e. The molecule has 0 saturated carbocycles. The molecule has 0 aliphatic carbocycles. The number of halogens is 1. The standard InChI is InChI=1S/C29H34FN3O3.C5H12O/c1-19-15-25(32-18-26(19)36-14-9-21-5-7-22(30)8-6-21)24-17-31-20(2)23(16-27(34)35)28(24)33-12-10-29(3,4)11-13-33;1-4-5(2,3)6/h5-8,15,17-18H,9-14,16H2,1-4H3,(H,34,35);6H,4H2,1-3H3. The first-order valence-corrected chi connectivity index (χ1v) is 14.7. The number of aryl methyl sites for hydroxylation is 2. The van der Waals surface area contributed by atoms with Gasteiger partial charge in [0, 0.05) is 42.5 Å². The summed E-state index contributed by atoms with van der Waals surface area (Å²) in [7, 11) is 0. The van der Waals surface area contributed by atoms with Crippen LogP contribution >= 0.6 is 0 Å². The van der Waals surface area contributed by atoms with Gasteiger partial charge in [0.1, 0.15) is 11.6 Å². The Balaban J connectivity index is 0.000000730. The van der Waals surface area contributed by atoms with Crippen LogP contribution in [-0.4, -0.2) is 51.4 Å². The minimum atomic E-state index is -0.871. The van der Waals surface area contributed by atoms with E-state index in [2.05, 4.69) is 23.7 Å². The van der Waals surface area contributed by atoms with E-state index < -0.39 is 11.6 Å². The van der Waals surface area contributed by atoms with Gasteiger partial charge in [-0.05, 0) is 81.7 Å². The van der Waals surface area contributed by atoms with Gasteiger partial charge in [0.05, 0.1) is 36.2 Å². The summed E-state index contributed by atoms with van der Waals surface area (Å²) in [5.74, 6) is -0.433. The number of aromatic nitrogens is 2. The fourth-order valence-electron chi connectivity index (χ4n) is 4.65. The van der Waals surface area contributed by atoms with Crippen molar-refractivity contribution < 1.29 is 24.1 Å². The second kappa shape index (κ2) is 14.1. The zero-order valence-corrected chi connectivity index (χ0v) is 26.1. The summed E-state index contributed by atoms with van der Waals surface area (Å²) in [5, 5.41) is 18.4. The van der Waals surface area contributed by atoms with E-state index in [4.69, 9.17) is 14.8 Å². The number of hydrogen-bond donors (Lipinski definition) is 2. The number of carbonyl (C=O) groups is 1. The molecule has 4 rings (SSSR count). The van der Waals surface area contributed by atoms with Gasteiger partial charge in [0.2, 0.25) is 0 Å². The Morgan fingerprint density at radius 3 is 2.26 bits per heavy atom. The van der Waals surface area contributed by atoms with Crippen molar-refractivity contribution in [3.63, 3.8) is 0 Å². The lowest BCUT2D eigenvalue weighted by atomic mass is 9.82. The first kappa shape index (κ1) is 33.0. The van der Waals surface area contributed by atoms with E-state index in [0.29, 0.717) is 18.8 Å². The maximum Gasteiger partial charge on any atom is 0.307 e. The van der Waals surface area contributed by atoms with Gasteiger partial charge in [-0.15, -0.1) is 0 Å². The normalized spacial score (nSPS) is 14.6. The zero-order chi connectivity index (χ0) is 31.1. The number of piperidine rings is 1. The summed E-state index contributed by atoms with van der Waals surface area (Å²) >= 11 is 0. The molecule has 2 aromatic heterocycles. The highest BCUT2D eigenvalue weighted by molar-refractivity contribution is 5.83. The number of anilines is 1. The summed E-state index contributed by atoms with van der Waals surface area (Å²) in [4.78, 5) is 23.3. The van der Waals surface area contributed by atoms with Crippen LogP contribution in [0.25, 0.3) is 11.3 Å². The third-order valence-corrected chi connectivity index (χ3v) is 7.89. The van der Waals surface area contributed by atoms with Crippen molar-refractivity contribution in [3.8, 4) is 17.0 Å². The van der Waals surface area contributed by atoms with Gasteiger partial charge in [-0.2, -0.15) is 0 Å². The van der Waals surface area contributed by atoms with Gasteiger partial charge in [-0.25, -0.2) is 4.39 Å². The van der Waals surface area contributed by atoms with Crippen LogP contribution in [0, 0.1) is 25.1 Å². The third kappa shape index (κ3) is 9.51. The molecule has 8 heteroatoms. The number of ether oxygens (including phenoxy) is 1. The van der Waals surface area contributed by atoms with Gasteiger partial charge in [0.15, 0.2) is 0 Å². The monoisotopic (exact) mass is 579 g/mol. The van der Waals surface area contributed by atoms with Crippen LogP contribution in [0.4, 0.5) is 10.1 Å². The number of benzene rings is 1. The van der Waals surface area contributed by atoms with Gasteiger partial charge in [-0.1, -0.05) is 32.9 Å². The first-order chi connectivity index (χ1) is 19.7. The fourth-order valence-corrected chi connectivity index (χ4v) is 4.65. The van der Waals surface area contributed by atoms with Crippen LogP contribution < -0.4 is 9.64 Å². The molecule has 2 N–H and O–H groups in total. The number of carboxylic acid groups (broad SMARTS) is 1. The minimum Gasteiger partial charge on any atom is -0.491 e. The predicted octanol–water partition coefficient (Wildman–Crippen LogP) is 6.94. The maximum atomic E-state index is 13.1. The summed E-state index contributed by atoms with van der Waals surface area (Å²) in [5.41, 5.74) is 5.76. The Morgan fingerprint density at radius 1 is 1.10 bits per heavy atom. The molecule has 0 unspecified atom stereocenters. The van der Waals surface area contributed by atoms with Crippen LogP contribution in [-0.2, 0) is 17.6 Å². The van der Waals surface area contributed by atoms with Gasteiger partial charge in [-0.3, -0.25) is 14.8 Å². The molecule has 3 aromatic rings. The molecular formula is C34H46FN3O4. The first-order valence-electron chi connectivity index (χ1n) is 14.7. The predicted molar refractivity (Wildman–Crippen MR) is 166 cm³/mol. The number of rotatable bonds is 9. The number of hydrogen-bond acceptors (Lipinski definition) is 6.